The van der Waals surface area contributed by atoms with Crippen LogP contribution in [-0.4, -0.2) is 30.2 Å². The highest BCUT2D eigenvalue weighted by Gasteiger charge is 2.22. The minimum Gasteiger partial charge on any atom is -0.495 e. The molecule has 7 nitrogen and oxygen atoms in total. The number of rotatable bonds is 7. The summed E-state index contributed by atoms with van der Waals surface area (Å²) in [6.45, 7) is 0. The number of para-hydroxylation sites is 2. The lowest BCUT2D eigenvalue weighted by molar-refractivity contribution is 0.0734. The third kappa shape index (κ3) is 5.36. The van der Waals surface area contributed by atoms with Gasteiger partial charge in [-0.15, -0.1) is 0 Å². The fourth-order valence-electron chi connectivity index (χ4n) is 4.15. The van der Waals surface area contributed by atoms with Crippen molar-refractivity contribution in [2.75, 3.05) is 7.11 Å². The molecule has 0 aliphatic heterocycles. The average molecular weight is 558 g/mol. The lowest BCUT2D eigenvalue weighted by Gasteiger charge is -2.08. The standard InChI is InChI=1S/C30H21Cl2N3O4/c1-38-25-16-8-12-21-26(19-10-3-5-13-22(19)31)28(34-27(21)25)29(36)35-33-17-18-9-2-7-15-24(18)39-30(37)20-11-4-6-14-23(20)32/h2-17,34H,1H3,(H,35,36). The summed E-state index contributed by atoms with van der Waals surface area (Å²) in [7, 11) is 1.56. The quantitative estimate of drug-likeness (QED) is 0.0962. The number of aromatic amines is 1. The summed E-state index contributed by atoms with van der Waals surface area (Å²) in [5, 5.41) is 5.67. The van der Waals surface area contributed by atoms with Gasteiger partial charge < -0.3 is 14.5 Å². The van der Waals surface area contributed by atoms with Crippen LogP contribution in [0.15, 0.2) is 96.1 Å². The molecule has 0 saturated carbocycles. The van der Waals surface area contributed by atoms with Crippen LogP contribution in [0.4, 0.5) is 0 Å². The van der Waals surface area contributed by atoms with Crippen molar-refractivity contribution in [2.24, 2.45) is 5.10 Å². The molecule has 1 amide bonds. The van der Waals surface area contributed by atoms with E-state index in [1.165, 1.54) is 6.21 Å². The molecule has 194 valence electrons. The first-order valence-corrected chi connectivity index (χ1v) is 12.6. The Bertz CT molecular complexity index is 1730. The molecule has 5 rings (SSSR count). The Morgan fingerprint density at radius 3 is 2.31 bits per heavy atom. The Kier molecular flexibility index (Phi) is 7.63. The van der Waals surface area contributed by atoms with Gasteiger partial charge in [-0.05, 0) is 36.4 Å². The number of carbonyl (C=O) groups is 2. The number of H-pyrrole nitrogens is 1. The van der Waals surface area contributed by atoms with Gasteiger partial charge in [0.2, 0.25) is 0 Å². The molecule has 5 aromatic rings. The molecular formula is C30H21Cl2N3O4. The number of amides is 1. The number of halogens is 2. The summed E-state index contributed by atoms with van der Waals surface area (Å²) in [6.07, 6.45) is 1.39. The highest BCUT2D eigenvalue weighted by atomic mass is 35.5. The van der Waals surface area contributed by atoms with Crippen LogP contribution < -0.4 is 14.9 Å². The summed E-state index contributed by atoms with van der Waals surface area (Å²) in [6, 6.07) is 26.2. The van der Waals surface area contributed by atoms with Crippen LogP contribution in [0.3, 0.4) is 0 Å². The predicted molar refractivity (Wildman–Crippen MR) is 153 cm³/mol. The molecule has 2 N–H and O–H groups in total. The van der Waals surface area contributed by atoms with Crippen LogP contribution in [0, 0.1) is 0 Å². The van der Waals surface area contributed by atoms with Crippen molar-refractivity contribution in [1.82, 2.24) is 10.4 Å². The summed E-state index contributed by atoms with van der Waals surface area (Å²) < 4.78 is 11.0. The fourth-order valence-corrected chi connectivity index (χ4v) is 4.60. The molecular weight excluding hydrogens is 537 g/mol. The van der Waals surface area contributed by atoms with E-state index in [0.717, 1.165) is 5.39 Å². The molecule has 0 spiro atoms. The van der Waals surface area contributed by atoms with E-state index in [2.05, 4.69) is 15.5 Å². The van der Waals surface area contributed by atoms with Gasteiger partial charge in [-0.3, -0.25) is 4.79 Å². The zero-order chi connectivity index (χ0) is 27.4. The first kappa shape index (κ1) is 26.0. The molecule has 0 unspecified atom stereocenters. The van der Waals surface area contributed by atoms with Gasteiger partial charge in [0.05, 0.1) is 29.4 Å². The lowest BCUT2D eigenvalue weighted by atomic mass is 10.0. The monoisotopic (exact) mass is 557 g/mol. The van der Waals surface area contributed by atoms with Gasteiger partial charge >= 0.3 is 5.97 Å². The number of nitrogens with zero attached hydrogens (tertiary/aromatic N) is 1. The Labute approximate surface area is 234 Å². The zero-order valence-electron chi connectivity index (χ0n) is 20.6. The third-order valence-corrected chi connectivity index (χ3v) is 6.63. The van der Waals surface area contributed by atoms with Gasteiger partial charge in [-0.25, -0.2) is 10.2 Å². The van der Waals surface area contributed by atoms with E-state index in [1.54, 1.807) is 67.8 Å². The van der Waals surface area contributed by atoms with E-state index < -0.39 is 11.9 Å². The highest BCUT2D eigenvalue weighted by molar-refractivity contribution is 6.34. The van der Waals surface area contributed by atoms with Crippen molar-refractivity contribution >= 4 is 52.2 Å². The van der Waals surface area contributed by atoms with Crippen LogP contribution in [0.25, 0.3) is 22.0 Å². The first-order chi connectivity index (χ1) is 19.0. The highest BCUT2D eigenvalue weighted by Crippen LogP contribution is 2.39. The SMILES string of the molecule is COc1cccc2c(-c3ccccc3Cl)c(C(=O)NN=Cc3ccccc3OC(=O)c3ccccc3Cl)[nH]c12. The third-order valence-electron chi connectivity index (χ3n) is 5.97. The van der Waals surface area contributed by atoms with E-state index in [9.17, 15) is 9.59 Å². The summed E-state index contributed by atoms with van der Waals surface area (Å²) >= 11 is 12.6. The molecule has 0 aliphatic carbocycles. The first-order valence-electron chi connectivity index (χ1n) is 11.8. The number of hydrogen-bond donors (Lipinski definition) is 2. The molecule has 9 heteroatoms. The number of esters is 1. The van der Waals surface area contributed by atoms with Crippen LogP contribution in [0.1, 0.15) is 26.4 Å². The molecule has 0 bridgehead atoms. The van der Waals surface area contributed by atoms with Crippen LogP contribution in [0.5, 0.6) is 11.5 Å². The van der Waals surface area contributed by atoms with Crippen molar-refractivity contribution in [2.45, 2.75) is 0 Å². The maximum Gasteiger partial charge on any atom is 0.345 e. The van der Waals surface area contributed by atoms with Crippen molar-refractivity contribution in [3.05, 3.63) is 118 Å². The summed E-state index contributed by atoms with van der Waals surface area (Å²) in [5.41, 5.74) is 5.48. The molecule has 0 saturated heterocycles. The van der Waals surface area contributed by atoms with E-state index >= 15 is 0 Å². The zero-order valence-corrected chi connectivity index (χ0v) is 22.1. The number of hydrogen-bond acceptors (Lipinski definition) is 5. The Hall–Kier alpha value is -4.59. The minimum atomic E-state index is -0.609. The van der Waals surface area contributed by atoms with Gasteiger partial charge in [0.15, 0.2) is 0 Å². The molecule has 0 radical (unpaired) electrons. The maximum atomic E-state index is 13.4. The maximum absolute atomic E-state index is 13.4. The minimum absolute atomic E-state index is 0.237. The largest absolute Gasteiger partial charge is 0.495 e. The molecule has 0 atom stereocenters. The second-order valence-corrected chi connectivity index (χ2v) is 9.16. The second kappa shape index (κ2) is 11.4. The number of nitrogens with one attached hydrogen (secondary N) is 2. The smallest absolute Gasteiger partial charge is 0.345 e. The number of benzene rings is 4. The van der Waals surface area contributed by atoms with Crippen molar-refractivity contribution < 1.29 is 19.1 Å². The van der Waals surface area contributed by atoms with Gasteiger partial charge in [0.1, 0.15) is 17.2 Å². The van der Waals surface area contributed by atoms with Crippen molar-refractivity contribution in [3.63, 3.8) is 0 Å². The van der Waals surface area contributed by atoms with E-state index in [0.29, 0.717) is 33.0 Å². The van der Waals surface area contributed by atoms with Gasteiger partial charge in [-0.1, -0.05) is 77.8 Å². The number of methoxy groups -OCH3 is 1. The Morgan fingerprint density at radius 1 is 0.846 bits per heavy atom. The average Bonchev–Trinajstić information content (AvgIpc) is 3.34. The van der Waals surface area contributed by atoms with Gasteiger partial charge in [0, 0.05) is 27.1 Å². The Morgan fingerprint density at radius 2 is 1.54 bits per heavy atom. The topological polar surface area (TPSA) is 92.8 Å². The summed E-state index contributed by atoms with van der Waals surface area (Å²) in [5.74, 6) is -0.267. The van der Waals surface area contributed by atoms with E-state index in [4.69, 9.17) is 32.7 Å². The molecule has 0 fully saturated rings. The number of hydrazone groups is 1. The number of ether oxygens (including phenoxy) is 2. The van der Waals surface area contributed by atoms with Crippen LogP contribution in [0.2, 0.25) is 10.0 Å². The molecule has 4 aromatic carbocycles. The van der Waals surface area contributed by atoms with Crippen LogP contribution >= 0.6 is 23.2 Å². The van der Waals surface area contributed by atoms with Gasteiger partial charge in [0.25, 0.3) is 5.91 Å². The van der Waals surface area contributed by atoms with Gasteiger partial charge in [-0.2, -0.15) is 5.10 Å². The molecule has 1 heterocycles. The Balaban J connectivity index is 1.43. The fraction of sp³-hybridized carbons (Fsp3) is 0.0333. The molecule has 1 aromatic heterocycles. The van der Waals surface area contributed by atoms with Crippen molar-refractivity contribution in [1.29, 1.82) is 0 Å². The molecule has 39 heavy (non-hydrogen) atoms. The summed E-state index contributed by atoms with van der Waals surface area (Å²) in [4.78, 5) is 29.2. The second-order valence-electron chi connectivity index (χ2n) is 8.34. The lowest BCUT2D eigenvalue weighted by Crippen LogP contribution is -2.19. The predicted octanol–water partition coefficient (Wildman–Crippen LogP) is 7.13. The van der Waals surface area contributed by atoms with E-state index in [1.807, 2.05) is 30.3 Å². The number of aromatic nitrogens is 1. The van der Waals surface area contributed by atoms with Crippen LogP contribution in [-0.2, 0) is 0 Å². The number of carbonyl (C=O) groups excluding carboxylic acids is 2. The molecule has 0 aliphatic rings. The number of fused-ring (bicyclic) bond motifs is 1. The van der Waals surface area contributed by atoms with E-state index in [-0.39, 0.29) is 22.0 Å². The van der Waals surface area contributed by atoms with Crippen molar-refractivity contribution in [3.8, 4) is 22.6 Å². The normalized spacial score (nSPS) is 11.1.